The van der Waals surface area contributed by atoms with E-state index in [0.29, 0.717) is 56.1 Å². The van der Waals surface area contributed by atoms with Crippen LogP contribution >= 0.6 is 0 Å². The first-order valence-corrected chi connectivity index (χ1v) is 13.7. The van der Waals surface area contributed by atoms with E-state index >= 15 is 8.78 Å². The van der Waals surface area contributed by atoms with Crippen LogP contribution in [0.1, 0.15) is 40.9 Å². The summed E-state index contributed by atoms with van der Waals surface area (Å²) in [6, 6.07) is 8.06. The Kier molecular flexibility index (Phi) is 6.46. The number of nitrogens with one attached hydrogen (secondary N) is 2. The fourth-order valence-corrected chi connectivity index (χ4v) is 6.57. The maximum atomic E-state index is 15.6. The number of carbonyl (C=O) groups is 1. The zero-order chi connectivity index (χ0) is 27.4. The van der Waals surface area contributed by atoms with E-state index in [4.69, 9.17) is 5.10 Å². The lowest BCUT2D eigenvalue weighted by Crippen LogP contribution is -2.58. The molecule has 2 fully saturated rings. The van der Waals surface area contributed by atoms with E-state index in [9.17, 15) is 4.79 Å². The van der Waals surface area contributed by atoms with Gasteiger partial charge in [-0.1, -0.05) is 12.1 Å². The molecular formula is C28H36F2N8O. The molecule has 9 nitrogen and oxygen atoms in total. The van der Waals surface area contributed by atoms with E-state index in [-0.39, 0.29) is 12.5 Å². The quantitative estimate of drug-likeness (QED) is 0.516. The monoisotopic (exact) mass is 538 g/mol. The average Bonchev–Trinajstić information content (AvgIpc) is 3.56. The van der Waals surface area contributed by atoms with Crippen molar-refractivity contribution in [1.82, 2.24) is 29.7 Å². The normalized spacial score (nSPS) is 20.9. The number of aromatic nitrogens is 3. The third kappa shape index (κ3) is 4.31. The van der Waals surface area contributed by atoms with Gasteiger partial charge in [-0.25, -0.2) is 18.3 Å². The molecule has 208 valence electrons. The highest BCUT2D eigenvalue weighted by atomic mass is 19.3. The molecule has 11 heteroatoms. The van der Waals surface area contributed by atoms with Crippen LogP contribution in [0, 0.1) is 5.41 Å². The van der Waals surface area contributed by atoms with Crippen molar-refractivity contribution in [3.63, 3.8) is 0 Å². The summed E-state index contributed by atoms with van der Waals surface area (Å²) >= 11 is 0. The van der Waals surface area contributed by atoms with Gasteiger partial charge in [0, 0.05) is 44.4 Å². The molecule has 1 spiro atoms. The number of anilines is 3. The van der Waals surface area contributed by atoms with Crippen molar-refractivity contribution in [2.45, 2.75) is 38.2 Å². The zero-order valence-corrected chi connectivity index (χ0v) is 22.8. The predicted octanol–water partition coefficient (Wildman–Crippen LogP) is 3.38. The first-order chi connectivity index (χ1) is 18.7. The van der Waals surface area contributed by atoms with Gasteiger partial charge in [-0.3, -0.25) is 9.69 Å². The summed E-state index contributed by atoms with van der Waals surface area (Å²) in [5.41, 5.74) is 4.12. The Hall–Kier alpha value is -3.31. The van der Waals surface area contributed by atoms with Crippen LogP contribution in [0.4, 0.5) is 26.0 Å². The minimum atomic E-state index is -2.69. The molecule has 3 aromatic rings. The van der Waals surface area contributed by atoms with Gasteiger partial charge in [0.1, 0.15) is 0 Å². The van der Waals surface area contributed by atoms with E-state index in [1.807, 2.05) is 31.1 Å². The van der Waals surface area contributed by atoms with Gasteiger partial charge in [0.2, 0.25) is 0 Å². The van der Waals surface area contributed by atoms with Gasteiger partial charge in [0.05, 0.1) is 18.4 Å². The highest BCUT2D eigenvalue weighted by Crippen LogP contribution is 2.51. The maximum absolute atomic E-state index is 15.6. The maximum Gasteiger partial charge on any atom is 0.271 e. The molecule has 0 aliphatic carbocycles. The molecule has 6 rings (SSSR count). The largest absolute Gasteiger partial charge is 0.385 e. The zero-order valence-electron chi connectivity index (χ0n) is 22.8. The first-order valence-electron chi connectivity index (χ1n) is 13.7. The van der Waals surface area contributed by atoms with E-state index < -0.39 is 11.3 Å². The number of alkyl halides is 2. The Morgan fingerprint density at radius 2 is 1.87 bits per heavy atom. The molecule has 0 unspecified atom stereocenters. The van der Waals surface area contributed by atoms with Crippen molar-refractivity contribution in [2.75, 3.05) is 64.1 Å². The fraction of sp³-hybridized carbons (Fsp3) is 0.536. The lowest BCUT2D eigenvalue weighted by molar-refractivity contribution is -0.187. The second-order valence-corrected chi connectivity index (χ2v) is 11.2. The van der Waals surface area contributed by atoms with E-state index in [0.717, 1.165) is 36.4 Å². The van der Waals surface area contributed by atoms with Crippen LogP contribution in [-0.2, 0) is 13.0 Å². The molecule has 0 atom stereocenters. The standard InChI is InChI=1S/C28H36F2N8O/c1-31-21-15-24(34-38-23(26(39)32-2)16-33-25(21)38)37-11-7-20-19(5-4-6-22(20)37)17-36-14-10-27(28(29,30)18-36)8-12-35(3)13-9-27/h4-6,15-16,31H,7-14,17-18H2,1-3H3,(H,32,39). The van der Waals surface area contributed by atoms with E-state index in [2.05, 4.69) is 37.6 Å². The summed E-state index contributed by atoms with van der Waals surface area (Å²) < 4.78 is 32.7. The summed E-state index contributed by atoms with van der Waals surface area (Å²) in [6.07, 6.45) is 4.01. The molecule has 1 amide bonds. The molecule has 5 heterocycles. The Morgan fingerprint density at radius 1 is 1.10 bits per heavy atom. The average molecular weight is 539 g/mol. The summed E-state index contributed by atoms with van der Waals surface area (Å²) in [4.78, 5) is 23.0. The lowest BCUT2D eigenvalue weighted by Gasteiger charge is -2.51. The molecule has 0 bridgehead atoms. The van der Waals surface area contributed by atoms with Crippen molar-refractivity contribution in [3.05, 3.63) is 47.3 Å². The highest BCUT2D eigenvalue weighted by Gasteiger charge is 2.56. The van der Waals surface area contributed by atoms with Crippen LogP contribution in [-0.4, -0.2) is 90.1 Å². The SMILES string of the molecule is CNC(=O)c1cnc2c(NC)cc(N3CCc4c(CN5CCC6(CCN(C)CC6)C(F)(F)C5)cccc43)nn12. The number of nitrogens with zero attached hydrogens (tertiary/aromatic N) is 6. The third-order valence-electron chi connectivity index (χ3n) is 9.03. The number of carbonyl (C=O) groups excluding carboxylic acids is 1. The summed E-state index contributed by atoms with van der Waals surface area (Å²) in [5.74, 6) is -2.26. The van der Waals surface area contributed by atoms with Crippen LogP contribution < -0.4 is 15.5 Å². The first kappa shape index (κ1) is 25.9. The minimum absolute atomic E-state index is 0.184. The molecule has 1 aromatic carbocycles. The number of hydrogen-bond acceptors (Lipinski definition) is 7. The van der Waals surface area contributed by atoms with Crippen LogP contribution in [0.2, 0.25) is 0 Å². The molecule has 3 aliphatic heterocycles. The van der Waals surface area contributed by atoms with Crippen LogP contribution in [0.25, 0.3) is 5.65 Å². The van der Waals surface area contributed by atoms with Gasteiger partial charge in [0.25, 0.3) is 11.8 Å². The summed E-state index contributed by atoms with van der Waals surface area (Å²) in [7, 11) is 5.41. The molecule has 2 aromatic heterocycles. The second-order valence-electron chi connectivity index (χ2n) is 11.2. The predicted molar refractivity (Wildman–Crippen MR) is 147 cm³/mol. The number of benzene rings is 1. The number of piperidine rings is 2. The van der Waals surface area contributed by atoms with Gasteiger partial charge >= 0.3 is 0 Å². The Morgan fingerprint density at radius 3 is 2.59 bits per heavy atom. The molecule has 2 N–H and O–H groups in total. The van der Waals surface area contributed by atoms with Crippen molar-refractivity contribution >= 4 is 28.7 Å². The number of rotatable bonds is 5. The van der Waals surface area contributed by atoms with Gasteiger partial charge in [-0.05, 0) is 69.6 Å². The second kappa shape index (κ2) is 9.71. The van der Waals surface area contributed by atoms with Crippen molar-refractivity contribution in [3.8, 4) is 0 Å². The van der Waals surface area contributed by atoms with Crippen LogP contribution in [0.5, 0.6) is 0 Å². The molecule has 3 aliphatic rings. The smallest absolute Gasteiger partial charge is 0.271 e. The number of imidazole rings is 1. The van der Waals surface area contributed by atoms with Gasteiger partial charge in [-0.15, -0.1) is 5.10 Å². The molecular weight excluding hydrogens is 502 g/mol. The Labute approximate surface area is 227 Å². The summed E-state index contributed by atoms with van der Waals surface area (Å²) in [5, 5.41) is 10.6. The number of hydrogen-bond donors (Lipinski definition) is 2. The van der Waals surface area contributed by atoms with Crippen molar-refractivity contribution in [1.29, 1.82) is 0 Å². The lowest BCUT2D eigenvalue weighted by atomic mass is 9.68. The van der Waals surface area contributed by atoms with Crippen molar-refractivity contribution < 1.29 is 13.6 Å². The van der Waals surface area contributed by atoms with E-state index in [1.165, 1.54) is 11.8 Å². The van der Waals surface area contributed by atoms with Gasteiger partial charge in [0.15, 0.2) is 17.2 Å². The third-order valence-corrected chi connectivity index (χ3v) is 9.03. The number of fused-ring (bicyclic) bond motifs is 2. The van der Waals surface area contributed by atoms with Crippen LogP contribution in [0.15, 0.2) is 30.5 Å². The molecule has 0 radical (unpaired) electrons. The van der Waals surface area contributed by atoms with Gasteiger partial charge in [-0.2, -0.15) is 0 Å². The molecule has 0 saturated carbocycles. The molecule has 2 saturated heterocycles. The number of likely N-dealkylation sites (tertiary alicyclic amines) is 2. The summed E-state index contributed by atoms with van der Waals surface area (Å²) in [6.45, 7) is 3.23. The minimum Gasteiger partial charge on any atom is -0.385 e. The van der Waals surface area contributed by atoms with Gasteiger partial charge < -0.3 is 20.4 Å². The van der Waals surface area contributed by atoms with Crippen LogP contribution in [0.3, 0.4) is 0 Å². The van der Waals surface area contributed by atoms with E-state index in [1.54, 1.807) is 11.6 Å². The number of amides is 1. The fourth-order valence-electron chi connectivity index (χ4n) is 6.57. The Bertz CT molecular complexity index is 1400. The highest BCUT2D eigenvalue weighted by molar-refractivity contribution is 5.93. The van der Waals surface area contributed by atoms with Crippen molar-refractivity contribution in [2.24, 2.45) is 5.41 Å². The Balaban J connectivity index is 1.26. The number of halogens is 2. The molecule has 39 heavy (non-hydrogen) atoms. The topological polar surface area (TPSA) is 81.0 Å².